The second kappa shape index (κ2) is 8.11. The SMILES string of the molecule is Cc1cc(OCc2cccc(Cl)c2)cc2c1C(=O)/C(=C/c1c(Cl)cccc1Cl)O2. The molecule has 0 saturated heterocycles. The highest BCUT2D eigenvalue weighted by Crippen LogP contribution is 2.39. The zero-order valence-electron chi connectivity index (χ0n) is 15.3. The molecule has 3 aromatic carbocycles. The number of Topliss-reactive ketones (excluding diaryl/α,β-unsaturated/α-hetero) is 1. The maximum absolute atomic E-state index is 12.8. The molecule has 0 spiro atoms. The van der Waals surface area contributed by atoms with Crippen LogP contribution in [0.25, 0.3) is 6.08 Å². The molecular formula is C23H15Cl3O3. The van der Waals surface area contributed by atoms with Crippen molar-refractivity contribution in [2.45, 2.75) is 13.5 Å². The summed E-state index contributed by atoms with van der Waals surface area (Å²) in [5.41, 5.74) is 2.76. The second-order valence-electron chi connectivity index (χ2n) is 6.61. The Morgan fingerprint density at radius 2 is 1.72 bits per heavy atom. The smallest absolute Gasteiger partial charge is 0.232 e. The Hall–Kier alpha value is -2.46. The topological polar surface area (TPSA) is 35.5 Å². The minimum Gasteiger partial charge on any atom is -0.489 e. The van der Waals surface area contributed by atoms with Gasteiger partial charge >= 0.3 is 0 Å². The molecule has 0 fully saturated rings. The quantitative estimate of drug-likeness (QED) is 0.400. The van der Waals surface area contributed by atoms with Crippen LogP contribution in [0.5, 0.6) is 11.5 Å². The summed E-state index contributed by atoms with van der Waals surface area (Å²) in [6, 6.07) is 16.1. The monoisotopic (exact) mass is 444 g/mol. The van der Waals surface area contributed by atoms with Crippen molar-refractivity contribution in [3.8, 4) is 11.5 Å². The molecule has 0 bridgehead atoms. The summed E-state index contributed by atoms with van der Waals surface area (Å²) in [5, 5.41) is 1.54. The summed E-state index contributed by atoms with van der Waals surface area (Å²) < 4.78 is 11.7. The highest BCUT2D eigenvalue weighted by atomic mass is 35.5. The van der Waals surface area contributed by atoms with E-state index in [1.165, 1.54) is 0 Å². The zero-order valence-corrected chi connectivity index (χ0v) is 17.6. The standard InChI is InChI=1S/C23H15Cl3O3/c1-13-8-16(28-12-14-4-2-5-15(24)9-14)10-20-22(13)23(27)21(29-20)11-17-18(25)6-3-7-19(17)26/h2-11H,12H2,1H3/b21-11-. The number of hydrogen-bond donors (Lipinski definition) is 0. The third-order valence-electron chi connectivity index (χ3n) is 4.51. The van der Waals surface area contributed by atoms with Crippen molar-refractivity contribution >= 4 is 46.7 Å². The van der Waals surface area contributed by atoms with E-state index >= 15 is 0 Å². The highest BCUT2D eigenvalue weighted by Gasteiger charge is 2.30. The van der Waals surface area contributed by atoms with Crippen LogP contribution in [0.1, 0.15) is 27.0 Å². The van der Waals surface area contributed by atoms with E-state index in [1.807, 2.05) is 37.3 Å². The third-order valence-corrected chi connectivity index (χ3v) is 5.41. The van der Waals surface area contributed by atoms with Crippen LogP contribution in [-0.2, 0) is 6.61 Å². The summed E-state index contributed by atoms with van der Waals surface area (Å²) in [5.74, 6) is 1.01. The lowest BCUT2D eigenvalue weighted by Crippen LogP contribution is -2.00. The van der Waals surface area contributed by atoms with Crippen molar-refractivity contribution in [2.75, 3.05) is 0 Å². The van der Waals surface area contributed by atoms with Gasteiger partial charge in [-0.05, 0) is 54.5 Å². The number of hydrogen-bond acceptors (Lipinski definition) is 3. The van der Waals surface area contributed by atoms with Crippen LogP contribution in [0, 0.1) is 6.92 Å². The molecule has 1 heterocycles. The van der Waals surface area contributed by atoms with Crippen LogP contribution in [0.4, 0.5) is 0 Å². The molecule has 0 atom stereocenters. The Balaban J connectivity index is 1.60. The van der Waals surface area contributed by atoms with Gasteiger partial charge in [-0.3, -0.25) is 4.79 Å². The number of carbonyl (C=O) groups is 1. The molecule has 29 heavy (non-hydrogen) atoms. The molecule has 146 valence electrons. The predicted molar refractivity (Wildman–Crippen MR) is 116 cm³/mol. The number of aryl methyl sites for hydroxylation is 1. The lowest BCUT2D eigenvalue weighted by Gasteiger charge is -2.09. The molecule has 0 amide bonds. The Bertz CT molecular complexity index is 1130. The Morgan fingerprint density at radius 3 is 2.45 bits per heavy atom. The van der Waals surface area contributed by atoms with Crippen molar-refractivity contribution in [1.29, 1.82) is 0 Å². The number of rotatable bonds is 4. The molecule has 0 aliphatic carbocycles. The van der Waals surface area contributed by atoms with Gasteiger partial charge in [0.05, 0.1) is 5.56 Å². The number of carbonyl (C=O) groups excluding carboxylic acids is 1. The largest absolute Gasteiger partial charge is 0.489 e. The van der Waals surface area contributed by atoms with Crippen molar-refractivity contribution in [3.63, 3.8) is 0 Å². The first kappa shape index (κ1) is 19.8. The van der Waals surface area contributed by atoms with E-state index in [0.717, 1.165) is 11.1 Å². The van der Waals surface area contributed by atoms with Crippen LogP contribution < -0.4 is 9.47 Å². The molecule has 3 nitrogen and oxygen atoms in total. The summed E-state index contributed by atoms with van der Waals surface area (Å²) in [6.45, 7) is 2.20. The molecule has 4 rings (SSSR count). The molecule has 0 unspecified atom stereocenters. The Morgan fingerprint density at radius 1 is 1.00 bits per heavy atom. The van der Waals surface area contributed by atoms with E-state index in [0.29, 0.717) is 44.3 Å². The van der Waals surface area contributed by atoms with E-state index in [4.69, 9.17) is 44.3 Å². The first-order valence-electron chi connectivity index (χ1n) is 8.82. The molecule has 0 N–H and O–H groups in total. The number of ketones is 1. The van der Waals surface area contributed by atoms with Crippen LogP contribution in [-0.4, -0.2) is 5.78 Å². The number of benzene rings is 3. The average Bonchev–Trinajstić information content (AvgIpc) is 2.99. The fourth-order valence-electron chi connectivity index (χ4n) is 3.13. The van der Waals surface area contributed by atoms with Crippen molar-refractivity contribution in [3.05, 3.63) is 97.7 Å². The lowest BCUT2D eigenvalue weighted by molar-refractivity contribution is 0.101. The number of fused-ring (bicyclic) bond motifs is 1. The van der Waals surface area contributed by atoms with Gasteiger partial charge in [-0.1, -0.05) is 53.0 Å². The highest BCUT2D eigenvalue weighted by molar-refractivity contribution is 6.37. The van der Waals surface area contributed by atoms with E-state index in [9.17, 15) is 4.79 Å². The zero-order chi connectivity index (χ0) is 20.5. The van der Waals surface area contributed by atoms with Crippen molar-refractivity contribution in [1.82, 2.24) is 0 Å². The Kier molecular flexibility index (Phi) is 5.55. The van der Waals surface area contributed by atoms with Crippen LogP contribution >= 0.6 is 34.8 Å². The van der Waals surface area contributed by atoms with Gasteiger partial charge in [-0.15, -0.1) is 0 Å². The minimum atomic E-state index is -0.213. The maximum atomic E-state index is 12.8. The first-order chi connectivity index (χ1) is 13.9. The minimum absolute atomic E-state index is 0.171. The molecule has 0 saturated carbocycles. The molecular weight excluding hydrogens is 431 g/mol. The van der Waals surface area contributed by atoms with Gasteiger partial charge < -0.3 is 9.47 Å². The fourth-order valence-corrected chi connectivity index (χ4v) is 3.85. The number of halogens is 3. The second-order valence-corrected chi connectivity index (χ2v) is 7.86. The third kappa shape index (κ3) is 4.13. The van der Waals surface area contributed by atoms with Gasteiger partial charge in [0.25, 0.3) is 0 Å². The van der Waals surface area contributed by atoms with Gasteiger partial charge in [0.2, 0.25) is 5.78 Å². The summed E-state index contributed by atoms with van der Waals surface area (Å²) >= 11 is 18.4. The van der Waals surface area contributed by atoms with Gasteiger partial charge in [0, 0.05) is 26.7 Å². The fraction of sp³-hybridized carbons (Fsp3) is 0.0870. The summed E-state index contributed by atoms with van der Waals surface area (Å²) in [4.78, 5) is 12.8. The van der Waals surface area contributed by atoms with E-state index in [1.54, 1.807) is 30.3 Å². The molecule has 0 aromatic heterocycles. The van der Waals surface area contributed by atoms with Crippen molar-refractivity contribution in [2.24, 2.45) is 0 Å². The maximum Gasteiger partial charge on any atom is 0.232 e. The van der Waals surface area contributed by atoms with Gasteiger partial charge in [0.1, 0.15) is 18.1 Å². The lowest BCUT2D eigenvalue weighted by atomic mass is 10.0. The normalized spacial score (nSPS) is 14.1. The summed E-state index contributed by atoms with van der Waals surface area (Å²) in [6.07, 6.45) is 1.57. The van der Waals surface area contributed by atoms with Crippen LogP contribution in [0.15, 0.2) is 60.4 Å². The van der Waals surface area contributed by atoms with Gasteiger partial charge in [-0.2, -0.15) is 0 Å². The molecule has 3 aromatic rings. The number of allylic oxidation sites excluding steroid dienone is 1. The first-order valence-corrected chi connectivity index (χ1v) is 9.96. The number of ether oxygens (including phenoxy) is 2. The molecule has 1 aliphatic heterocycles. The van der Waals surface area contributed by atoms with Gasteiger partial charge in [-0.25, -0.2) is 0 Å². The summed E-state index contributed by atoms with van der Waals surface area (Å²) in [7, 11) is 0. The Labute approximate surface area is 183 Å². The average molecular weight is 446 g/mol. The van der Waals surface area contributed by atoms with Gasteiger partial charge in [0.15, 0.2) is 5.76 Å². The molecule has 1 aliphatic rings. The molecule has 0 radical (unpaired) electrons. The van der Waals surface area contributed by atoms with Crippen molar-refractivity contribution < 1.29 is 14.3 Å². The van der Waals surface area contributed by atoms with E-state index in [-0.39, 0.29) is 11.5 Å². The molecule has 6 heteroatoms. The van der Waals surface area contributed by atoms with E-state index in [2.05, 4.69) is 0 Å². The van der Waals surface area contributed by atoms with Crippen LogP contribution in [0.3, 0.4) is 0 Å². The van der Waals surface area contributed by atoms with E-state index < -0.39 is 0 Å². The predicted octanol–water partition coefficient (Wildman–Crippen LogP) is 7.15. The van der Waals surface area contributed by atoms with Crippen LogP contribution in [0.2, 0.25) is 15.1 Å².